The van der Waals surface area contributed by atoms with Gasteiger partial charge in [-0.2, -0.15) is 0 Å². The number of sulfone groups is 1. The van der Waals surface area contributed by atoms with Gasteiger partial charge < -0.3 is 25.3 Å². The molecule has 1 heterocycles. The summed E-state index contributed by atoms with van der Waals surface area (Å²) in [5.41, 5.74) is 7.10. The van der Waals surface area contributed by atoms with E-state index in [-0.39, 0.29) is 22.8 Å². The monoisotopic (exact) mass is 603 g/mol. The van der Waals surface area contributed by atoms with Gasteiger partial charge in [-0.05, 0) is 87.0 Å². The summed E-state index contributed by atoms with van der Waals surface area (Å²) in [5.74, 6) is 1.46. The first kappa shape index (κ1) is 30.2. The van der Waals surface area contributed by atoms with Gasteiger partial charge in [-0.25, -0.2) is 13.4 Å². The molecule has 3 N–H and O–H groups in total. The fourth-order valence-corrected chi connectivity index (χ4v) is 7.12. The maximum Gasteiger partial charge on any atom is 0.266 e. The second-order valence-electron chi connectivity index (χ2n) is 10.8. The fraction of sp³-hybridized carbons (Fsp3) is 0.333. The van der Waals surface area contributed by atoms with Crippen LogP contribution in [0.2, 0.25) is 0 Å². The van der Waals surface area contributed by atoms with Crippen molar-refractivity contribution in [3.63, 3.8) is 0 Å². The van der Waals surface area contributed by atoms with Crippen LogP contribution in [-0.4, -0.2) is 37.3 Å². The van der Waals surface area contributed by atoms with Crippen LogP contribution in [0.4, 0.5) is 5.82 Å². The summed E-state index contributed by atoms with van der Waals surface area (Å²) in [4.78, 5) is 18.2. The molecule has 3 aromatic carbocycles. The topological polar surface area (TPSA) is 130 Å². The number of carbonyl (C=O) groups is 1. The number of hydrogen-bond donors (Lipinski definition) is 2. The molecule has 1 saturated carbocycles. The van der Waals surface area contributed by atoms with Gasteiger partial charge in [0.2, 0.25) is 6.10 Å². The predicted octanol–water partition coefficient (Wildman–Crippen LogP) is 5.77. The number of pyridine rings is 1. The number of anilines is 1. The van der Waals surface area contributed by atoms with Gasteiger partial charge in [-0.15, -0.1) is 0 Å². The molecule has 1 unspecified atom stereocenters. The minimum Gasteiger partial charge on any atom is -0.490 e. The molecule has 1 aliphatic rings. The highest BCUT2D eigenvalue weighted by Crippen LogP contribution is 2.35. The number of amides is 1. The summed E-state index contributed by atoms with van der Waals surface area (Å²) in [5, 5.41) is 4.13. The van der Waals surface area contributed by atoms with E-state index in [1.165, 1.54) is 0 Å². The highest BCUT2D eigenvalue weighted by atomic mass is 32.2. The van der Waals surface area contributed by atoms with Crippen molar-refractivity contribution >= 4 is 32.3 Å². The molecular formula is C33H37N3O6S. The van der Waals surface area contributed by atoms with Crippen LogP contribution in [0.5, 0.6) is 17.2 Å². The van der Waals surface area contributed by atoms with Gasteiger partial charge in [0.15, 0.2) is 21.3 Å². The molecular weight excluding hydrogens is 566 g/mol. The van der Waals surface area contributed by atoms with E-state index in [1.807, 2.05) is 26.8 Å². The highest BCUT2D eigenvalue weighted by molar-refractivity contribution is 7.92. The molecule has 5 rings (SSSR count). The molecule has 0 bridgehead atoms. The number of nitrogens with two attached hydrogens (primary N) is 1. The lowest BCUT2D eigenvalue weighted by Gasteiger charge is -2.26. The van der Waals surface area contributed by atoms with E-state index in [4.69, 9.17) is 19.9 Å². The lowest BCUT2D eigenvalue weighted by atomic mass is 10.00. The van der Waals surface area contributed by atoms with Gasteiger partial charge in [0.05, 0.1) is 22.9 Å². The lowest BCUT2D eigenvalue weighted by Crippen LogP contribution is -2.33. The van der Waals surface area contributed by atoms with Crippen LogP contribution in [-0.2, 0) is 21.2 Å². The van der Waals surface area contributed by atoms with Crippen molar-refractivity contribution in [3.8, 4) is 17.2 Å². The zero-order valence-electron chi connectivity index (χ0n) is 24.6. The summed E-state index contributed by atoms with van der Waals surface area (Å²) >= 11 is 0. The molecule has 1 amide bonds. The Bertz CT molecular complexity index is 1720. The molecule has 0 saturated heterocycles. The number of fused-ring (bicyclic) bond motifs is 1. The molecule has 0 aliphatic heterocycles. The van der Waals surface area contributed by atoms with Crippen LogP contribution >= 0.6 is 0 Å². The molecule has 10 heteroatoms. The van der Waals surface area contributed by atoms with Crippen molar-refractivity contribution in [1.29, 1.82) is 0 Å². The Kier molecular flexibility index (Phi) is 9.05. The molecule has 226 valence electrons. The third-order valence-electron chi connectivity index (χ3n) is 7.42. The standard InChI is InChI=1S/C33H37N3O6S/c1-4-40-29-19-23(12-15-28(29)41-21(2)3)31(42-25-13-14-27-22(18-25)16-17-35-32(27)34)33(37)36-20-24-8-5-6-11-30(24)43(38,39)26-9-7-10-26/h5-6,8,11-19,21,26,31H,4,7,9-10,20H2,1-3H3,(H2,34,35)(H,36,37). The van der Waals surface area contributed by atoms with E-state index in [1.54, 1.807) is 66.9 Å². The maximum atomic E-state index is 13.8. The van der Waals surface area contributed by atoms with E-state index in [9.17, 15) is 13.2 Å². The first-order valence-corrected chi connectivity index (χ1v) is 16.1. The quantitative estimate of drug-likeness (QED) is 0.209. The number of benzene rings is 3. The normalized spacial score (nSPS) is 14.2. The Morgan fingerprint density at radius 2 is 1.81 bits per heavy atom. The Labute approximate surface area is 252 Å². The van der Waals surface area contributed by atoms with Crippen molar-refractivity contribution in [2.45, 2.75) is 68.9 Å². The molecule has 1 aromatic heterocycles. The average Bonchev–Trinajstić information content (AvgIpc) is 2.94. The smallest absolute Gasteiger partial charge is 0.266 e. The molecule has 1 aliphatic carbocycles. The number of aromatic nitrogens is 1. The molecule has 9 nitrogen and oxygen atoms in total. The van der Waals surface area contributed by atoms with Crippen molar-refractivity contribution in [1.82, 2.24) is 10.3 Å². The van der Waals surface area contributed by atoms with Crippen molar-refractivity contribution in [3.05, 3.63) is 84.1 Å². The first-order valence-electron chi connectivity index (χ1n) is 14.5. The molecule has 4 aromatic rings. The first-order chi connectivity index (χ1) is 20.7. The summed E-state index contributed by atoms with van der Waals surface area (Å²) in [6.45, 7) is 6.15. The minimum atomic E-state index is -3.48. The maximum absolute atomic E-state index is 13.8. The Morgan fingerprint density at radius 1 is 1.02 bits per heavy atom. The molecule has 43 heavy (non-hydrogen) atoms. The second kappa shape index (κ2) is 12.9. The SMILES string of the molecule is CCOc1cc(C(Oc2ccc3c(N)nccc3c2)C(=O)NCc2ccccc2S(=O)(=O)C2CCC2)ccc1OC(C)C. The minimum absolute atomic E-state index is 0.0214. The van der Waals surface area contributed by atoms with Crippen LogP contribution < -0.4 is 25.3 Å². The fourth-order valence-electron chi connectivity index (χ4n) is 5.03. The Morgan fingerprint density at radius 3 is 2.53 bits per heavy atom. The zero-order chi connectivity index (χ0) is 30.6. The summed E-state index contributed by atoms with van der Waals surface area (Å²) in [7, 11) is -3.48. The Hall–Kier alpha value is -4.31. The number of ether oxygens (including phenoxy) is 3. The van der Waals surface area contributed by atoms with Gasteiger partial charge in [0.25, 0.3) is 5.91 Å². The second-order valence-corrected chi connectivity index (χ2v) is 13.0. The van der Waals surface area contributed by atoms with E-state index >= 15 is 0 Å². The summed E-state index contributed by atoms with van der Waals surface area (Å²) < 4.78 is 44.6. The molecule has 1 atom stereocenters. The van der Waals surface area contributed by atoms with Crippen molar-refractivity contribution in [2.24, 2.45) is 0 Å². The highest BCUT2D eigenvalue weighted by Gasteiger charge is 2.34. The van der Waals surface area contributed by atoms with Crippen LogP contribution in [0.3, 0.4) is 0 Å². The lowest BCUT2D eigenvalue weighted by molar-refractivity contribution is -0.128. The number of nitrogens with zero attached hydrogens (tertiary/aromatic N) is 1. The summed E-state index contributed by atoms with van der Waals surface area (Å²) in [6.07, 6.45) is 2.68. The van der Waals surface area contributed by atoms with E-state index in [0.717, 1.165) is 17.2 Å². The van der Waals surface area contributed by atoms with Gasteiger partial charge in [0.1, 0.15) is 11.6 Å². The van der Waals surface area contributed by atoms with E-state index in [2.05, 4.69) is 10.3 Å². The molecule has 0 spiro atoms. The predicted molar refractivity (Wildman–Crippen MR) is 166 cm³/mol. The van der Waals surface area contributed by atoms with Crippen LogP contribution in [0.15, 0.2) is 77.8 Å². The van der Waals surface area contributed by atoms with Crippen LogP contribution in [0.1, 0.15) is 57.3 Å². The zero-order valence-corrected chi connectivity index (χ0v) is 25.4. The van der Waals surface area contributed by atoms with Gasteiger partial charge in [0, 0.05) is 23.7 Å². The van der Waals surface area contributed by atoms with Crippen LogP contribution in [0.25, 0.3) is 10.8 Å². The van der Waals surface area contributed by atoms with E-state index in [0.29, 0.717) is 53.6 Å². The van der Waals surface area contributed by atoms with E-state index < -0.39 is 21.8 Å². The van der Waals surface area contributed by atoms with Crippen molar-refractivity contribution in [2.75, 3.05) is 12.3 Å². The average molecular weight is 604 g/mol. The summed E-state index contributed by atoms with van der Waals surface area (Å²) in [6, 6.07) is 19.2. The Balaban J connectivity index is 1.46. The number of rotatable bonds is 12. The molecule has 1 fully saturated rings. The molecule has 0 radical (unpaired) electrons. The van der Waals surface area contributed by atoms with Gasteiger partial charge in [-0.3, -0.25) is 4.79 Å². The van der Waals surface area contributed by atoms with Crippen molar-refractivity contribution < 1.29 is 27.4 Å². The number of carbonyl (C=O) groups excluding carboxylic acids is 1. The van der Waals surface area contributed by atoms with Gasteiger partial charge in [-0.1, -0.05) is 30.7 Å². The number of hydrogen-bond acceptors (Lipinski definition) is 8. The largest absolute Gasteiger partial charge is 0.490 e. The number of nitrogen functional groups attached to an aromatic ring is 1. The number of nitrogens with one attached hydrogen (secondary N) is 1. The van der Waals surface area contributed by atoms with Crippen LogP contribution in [0, 0.1) is 0 Å². The van der Waals surface area contributed by atoms with Gasteiger partial charge >= 0.3 is 0 Å². The third-order valence-corrected chi connectivity index (χ3v) is 9.78. The third kappa shape index (κ3) is 6.69.